The summed E-state index contributed by atoms with van der Waals surface area (Å²) in [6.45, 7) is 1.92. The number of rotatable bonds is 3. The third-order valence-electron chi connectivity index (χ3n) is 2.42. The number of nitrogen functional groups attached to an aromatic ring is 2. The Kier molecular flexibility index (Phi) is 3.48. The number of benzene rings is 1. The lowest BCUT2D eigenvalue weighted by atomic mass is 10.2. The van der Waals surface area contributed by atoms with Crippen LogP contribution >= 0.6 is 0 Å². The second kappa shape index (κ2) is 5.23. The Morgan fingerprint density at radius 2 is 1.83 bits per heavy atom. The zero-order valence-corrected chi connectivity index (χ0v) is 10.1. The molecule has 4 heteroatoms. The van der Waals surface area contributed by atoms with Crippen molar-refractivity contribution in [2.45, 2.75) is 6.92 Å². The fourth-order valence-electron chi connectivity index (χ4n) is 1.56. The maximum atomic E-state index is 5.82. The Bertz CT molecular complexity index is 562. The van der Waals surface area contributed by atoms with Gasteiger partial charge in [-0.1, -0.05) is 12.2 Å². The number of nitrogens with zero attached hydrogens (tertiary/aromatic N) is 1. The molecule has 92 valence electrons. The maximum absolute atomic E-state index is 5.82. The van der Waals surface area contributed by atoms with Crippen LogP contribution in [-0.4, -0.2) is 4.98 Å². The number of hydrogen-bond acceptors (Lipinski definition) is 4. The lowest BCUT2D eigenvalue weighted by Gasteiger charge is -2.10. The van der Waals surface area contributed by atoms with Crippen LogP contribution in [0.1, 0.15) is 12.5 Å². The van der Waals surface area contributed by atoms with Crippen LogP contribution in [0.15, 0.2) is 42.6 Å². The molecule has 0 atom stereocenters. The van der Waals surface area contributed by atoms with Gasteiger partial charge < -0.3 is 16.2 Å². The molecular formula is C14H15N3O. The number of allylic oxidation sites excluding steroid dienone is 1. The summed E-state index contributed by atoms with van der Waals surface area (Å²) in [5.41, 5.74) is 12.9. The molecule has 0 fully saturated rings. The Morgan fingerprint density at radius 1 is 1.11 bits per heavy atom. The number of aromatic nitrogens is 1. The zero-order valence-electron chi connectivity index (χ0n) is 10.1. The van der Waals surface area contributed by atoms with Crippen molar-refractivity contribution in [3.05, 3.63) is 48.2 Å². The summed E-state index contributed by atoms with van der Waals surface area (Å²) in [4.78, 5) is 4.04. The van der Waals surface area contributed by atoms with Crippen molar-refractivity contribution >= 4 is 17.6 Å². The fraction of sp³-hybridized carbons (Fsp3) is 0.0714. The number of hydrogen-bond donors (Lipinski definition) is 2. The first-order chi connectivity index (χ1) is 8.70. The quantitative estimate of drug-likeness (QED) is 0.810. The summed E-state index contributed by atoms with van der Waals surface area (Å²) in [5, 5.41) is 0. The third-order valence-corrected chi connectivity index (χ3v) is 2.42. The molecule has 0 bridgehead atoms. The van der Waals surface area contributed by atoms with Gasteiger partial charge in [-0.15, -0.1) is 0 Å². The van der Waals surface area contributed by atoms with Crippen LogP contribution in [0.2, 0.25) is 0 Å². The molecule has 18 heavy (non-hydrogen) atoms. The van der Waals surface area contributed by atoms with Crippen LogP contribution in [-0.2, 0) is 0 Å². The van der Waals surface area contributed by atoms with E-state index in [1.807, 2.05) is 31.2 Å². The van der Waals surface area contributed by atoms with Gasteiger partial charge in [-0.05, 0) is 37.3 Å². The van der Waals surface area contributed by atoms with Gasteiger partial charge in [-0.3, -0.25) is 0 Å². The van der Waals surface area contributed by atoms with Crippen molar-refractivity contribution in [3.8, 4) is 11.5 Å². The minimum Gasteiger partial charge on any atom is -0.457 e. The van der Waals surface area contributed by atoms with Gasteiger partial charge >= 0.3 is 0 Å². The SMILES string of the molecule is C/C=C/c1c(Oc2ccc(N)cc2)ccnc1N. The Hall–Kier alpha value is -2.49. The molecule has 2 aromatic rings. The van der Waals surface area contributed by atoms with Gasteiger partial charge in [0.15, 0.2) is 0 Å². The first-order valence-electron chi connectivity index (χ1n) is 5.61. The molecule has 1 aromatic carbocycles. The number of nitrogens with two attached hydrogens (primary N) is 2. The summed E-state index contributed by atoms with van der Waals surface area (Å²) in [7, 11) is 0. The zero-order chi connectivity index (χ0) is 13.0. The van der Waals surface area contributed by atoms with Gasteiger partial charge in [0, 0.05) is 11.9 Å². The van der Waals surface area contributed by atoms with E-state index < -0.39 is 0 Å². The highest BCUT2D eigenvalue weighted by atomic mass is 16.5. The van der Waals surface area contributed by atoms with E-state index in [1.165, 1.54) is 0 Å². The molecule has 0 unspecified atom stereocenters. The monoisotopic (exact) mass is 241 g/mol. The molecule has 0 aliphatic heterocycles. The first kappa shape index (κ1) is 12.0. The molecule has 0 spiro atoms. The van der Waals surface area contributed by atoms with Crippen molar-refractivity contribution in [2.75, 3.05) is 11.5 Å². The van der Waals surface area contributed by atoms with Crippen molar-refractivity contribution in [2.24, 2.45) is 0 Å². The van der Waals surface area contributed by atoms with Crippen LogP contribution in [0.5, 0.6) is 11.5 Å². The highest BCUT2D eigenvalue weighted by molar-refractivity contribution is 5.67. The molecule has 0 radical (unpaired) electrons. The largest absolute Gasteiger partial charge is 0.457 e. The lowest BCUT2D eigenvalue weighted by Crippen LogP contribution is -1.96. The highest BCUT2D eigenvalue weighted by Gasteiger charge is 2.06. The van der Waals surface area contributed by atoms with Crippen LogP contribution in [0.4, 0.5) is 11.5 Å². The number of ether oxygens (including phenoxy) is 1. The summed E-state index contributed by atoms with van der Waals surface area (Å²) in [5.74, 6) is 1.83. The normalized spacial score (nSPS) is 10.7. The van der Waals surface area contributed by atoms with Crippen molar-refractivity contribution < 1.29 is 4.74 Å². The molecule has 0 saturated heterocycles. The average molecular weight is 241 g/mol. The predicted octanol–water partition coefficient (Wildman–Crippen LogP) is 3.07. The molecule has 1 aromatic heterocycles. The molecule has 0 amide bonds. The van der Waals surface area contributed by atoms with Crippen molar-refractivity contribution in [3.63, 3.8) is 0 Å². The van der Waals surface area contributed by atoms with Crippen LogP contribution in [0.3, 0.4) is 0 Å². The smallest absolute Gasteiger partial charge is 0.139 e. The topological polar surface area (TPSA) is 74.2 Å². The minimum atomic E-state index is 0.445. The molecule has 1 heterocycles. The Labute approximate surface area is 106 Å². The second-order valence-electron chi connectivity index (χ2n) is 3.78. The minimum absolute atomic E-state index is 0.445. The van der Waals surface area contributed by atoms with E-state index in [1.54, 1.807) is 24.4 Å². The Morgan fingerprint density at radius 3 is 2.50 bits per heavy atom. The summed E-state index contributed by atoms with van der Waals surface area (Å²) >= 11 is 0. The maximum Gasteiger partial charge on any atom is 0.139 e. The van der Waals surface area contributed by atoms with Gasteiger partial charge in [0.25, 0.3) is 0 Å². The molecule has 0 aliphatic carbocycles. The van der Waals surface area contributed by atoms with E-state index in [4.69, 9.17) is 16.2 Å². The molecule has 4 N–H and O–H groups in total. The van der Waals surface area contributed by atoms with E-state index in [-0.39, 0.29) is 0 Å². The van der Waals surface area contributed by atoms with E-state index in [0.29, 0.717) is 23.0 Å². The molecular weight excluding hydrogens is 226 g/mol. The van der Waals surface area contributed by atoms with E-state index in [0.717, 1.165) is 5.56 Å². The summed E-state index contributed by atoms with van der Waals surface area (Å²) < 4.78 is 5.77. The van der Waals surface area contributed by atoms with Gasteiger partial charge in [-0.2, -0.15) is 0 Å². The average Bonchev–Trinajstić information content (AvgIpc) is 2.36. The van der Waals surface area contributed by atoms with Gasteiger partial charge in [-0.25, -0.2) is 4.98 Å². The van der Waals surface area contributed by atoms with Crippen LogP contribution in [0, 0.1) is 0 Å². The fourth-order valence-corrected chi connectivity index (χ4v) is 1.56. The highest BCUT2D eigenvalue weighted by Crippen LogP contribution is 2.29. The summed E-state index contributed by atoms with van der Waals surface area (Å²) in [6.07, 6.45) is 5.38. The van der Waals surface area contributed by atoms with Gasteiger partial charge in [0.05, 0.1) is 5.56 Å². The van der Waals surface area contributed by atoms with Gasteiger partial charge in [0.2, 0.25) is 0 Å². The second-order valence-corrected chi connectivity index (χ2v) is 3.78. The molecule has 4 nitrogen and oxygen atoms in total. The standard InChI is InChI=1S/C14H15N3O/c1-2-3-12-13(8-9-17-14(12)16)18-11-6-4-10(15)5-7-11/h2-9H,15H2,1H3,(H2,16,17)/b3-2+. The molecule has 0 aliphatic rings. The van der Waals surface area contributed by atoms with Crippen LogP contribution < -0.4 is 16.2 Å². The number of pyridine rings is 1. The van der Waals surface area contributed by atoms with Crippen molar-refractivity contribution in [1.82, 2.24) is 4.98 Å². The van der Waals surface area contributed by atoms with Crippen LogP contribution in [0.25, 0.3) is 6.08 Å². The molecule has 2 rings (SSSR count). The predicted molar refractivity (Wildman–Crippen MR) is 74.3 cm³/mol. The van der Waals surface area contributed by atoms with Gasteiger partial charge in [0.1, 0.15) is 17.3 Å². The van der Waals surface area contributed by atoms with E-state index in [9.17, 15) is 0 Å². The Balaban J connectivity index is 2.34. The third kappa shape index (κ3) is 2.60. The molecule has 0 saturated carbocycles. The summed E-state index contributed by atoms with van der Waals surface area (Å²) in [6, 6.07) is 8.98. The van der Waals surface area contributed by atoms with Crippen molar-refractivity contribution in [1.29, 1.82) is 0 Å². The number of anilines is 2. The van der Waals surface area contributed by atoms with E-state index in [2.05, 4.69) is 4.98 Å². The van der Waals surface area contributed by atoms with E-state index >= 15 is 0 Å². The first-order valence-corrected chi connectivity index (χ1v) is 5.61. The lowest BCUT2D eigenvalue weighted by molar-refractivity contribution is 0.481.